The number of ether oxygens (including phenoxy) is 1. The lowest BCUT2D eigenvalue weighted by Gasteiger charge is -2.30. The molecule has 3 aromatic rings. The number of rotatable bonds is 7. The van der Waals surface area contributed by atoms with Gasteiger partial charge in [0.05, 0.1) is 7.11 Å². The number of likely N-dealkylation sites (tertiary alicyclic amines) is 1. The number of hydrogen-bond donors (Lipinski definition) is 2. The summed E-state index contributed by atoms with van der Waals surface area (Å²) < 4.78 is 5.10. The third kappa shape index (κ3) is 6.21. The lowest BCUT2D eigenvalue weighted by molar-refractivity contribution is -0.126. The standard InChI is InChI=1S/C25H27N5O4S/c1-16-3-5-17(6-4-16)15-26-21(31)18-11-13-30(14-12-18)25(33)24-29-28-23(35-24)22(32)27-19-7-9-20(34-2)10-8-19/h3-10,18H,11-15H2,1-2H3,(H,26,31)(H,27,32). The lowest BCUT2D eigenvalue weighted by Crippen LogP contribution is -2.42. The first-order chi connectivity index (χ1) is 16.9. The van der Waals surface area contributed by atoms with Gasteiger partial charge in [0.25, 0.3) is 11.8 Å². The van der Waals surface area contributed by atoms with E-state index in [4.69, 9.17) is 4.74 Å². The maximum Gasteiger partial charge on any atom is 0.286 e. The van der Waals surface area contributed by atoms with Gasteiger partial charge in [-0.2, -0.15) is 0 Å². The van der Waals surface area contributed by atoms with E-state index in [9.17, 15) is 14.4 Å². The van der Waals surface area contributed by atoms with Crippen LogP contribution in [0.1, 0.15) is 43.6 Å². The van der Waals surface area contributed by atoms with Gasteiger partial charge < -0.3 is 20.3 Å². The van der Waals surface area contributed by atoms with Crippen molar-refractivity contribution in [2.24, 2.45) is 5.92 Å². The number of carbonyl (C=O) groups excluding carboxylic acids is 3. The highest BCUT2D eigenvalue weighted by molar-refractivity contribution is 7.15. The van der Waals surface area contributed by atoms with Gasteiger partial charge in [0.1, 0.15) is 5.75 Å². The number of benzene rings is 2. The molecule has 3 amide bonds. The number of hydrogen-bond acceptors (Lipinski definition) is 7. The summed E-state index contributed by atoms with van der Waals surface area (Å²) in [7, 11) is 1.57. The number of piperidine rings is 1. The molecule has 0 unspecified atom stereocenters. The van der Waals surface area contributed by atoms with Crippen LogP contribution in [0, 0.1) is 12.8 Å². The molecule has 1 aliphatic rings. The smallest absolute Gasteiger partial charge is 0.286 e. The Labute approximate surface area is 207 Å². The van der Waals surface area contributed by atoms with Crippen molar-refractivity contribution >= 4 is 34.7 Å². The summed E-state index contributed by atoms with van der Waals surface area (Å²) >= 11 is 0.954. The predicted octanol–water partition coefficient (Wildman–Crippen LogP) is 3.28. The van der Waals surface area contributed by atoms with E-state index in [-0.39, 0.29) is 27.7 Å². The second-order valence-electron chi connectivity index (χ2n) is 8.36. The highest BCUT2D eigenvalue weighted by atomic mass is 32.1. The molecule has 1 saturated heterocycles. The highest BCUT2D eigenvalue weighted by Crippen LogP contribution is 2.22. The number of amides is 3. The minimum absolute atomic E-state index is 0.00563. The van der Waals surface area contributed by atoms with Crippen molar-refractivity contribution in [3.63, 3.8) is 0 Å². The first kappa shape index (κ1) is 24.3. The highest BCUT2D eigenvalue weighted by Gasteiger charge is 2.29. The van der Waals surface area contributed by atoms with Crippen molar-refractivity contribution < 1.29 is 19.1 Å². The Kier molecular flexibility index (Phi) is 7.71. The Bertz CT molecular complexity index is 1190. The quantitative estimate of drug-likeness (QED) is 0.522. The SMILES string of the molecule is COc1ccc(NC(=O)c2nnc(C(=O)N3CCC(C(=O)NCc4ccc(C)cc4)CC3)s2)cc1. The molecule has 0 radical (unpaired) electrons. The largest absolute Gasteiger partial charge is 0.497 e. The minimum Gasteiger partial charge on any atom is -0.497 e. The van der Waals surface area contributed by atoms with E-state index in [0.29, 0.717) is 43.9 Å². The van der Waals surface area contributed by atoms with Crippen LogP contribution in [-0.4, -0.2) is 53.0 Å². The average molecular weight is 494 g/mol. The van der Waals surface area contributed by atoms with E-state index in [1.807, 2.05) is 31.2 Å². The van der Waals surface area contributed by atoms with E-state index in [2.05, 4.69) is 20.8 Å². The van der Waals surface area contributed by atoms with E-state index < -0.39 is 5.91 Å². The molecule has 2 aromatic carbocycles. The molecular weight excluding hydrogens is 466 g/mol. The lowest BCUT2D eigenvalue weighted by atomic mass is 9.95. The van der Waals surface area contributed by atoms with Crippen LogP contribution in [0.15, 0.2) is 48.5 Å². The van der Waals surface area contributed by atoms with Gasteiger partial charge >= 0.3 is 0 Å². The van der Waals surface area contributed by atoms with E-state index in [1.54, 1.807) is 36.3 Å². The van der Waals surface area contributed by atoms with Gasteiger partial charge in [-0.15, -0.1) is 10.2 Å². The Balaban J connectivity index is 1.26. The Morgan fingerprint density at radius 1 is 1.00 bits per heavy atom. The number of anilines is 1. The first-order valence-corrected chi connectivity index (χ1v) is 12.2. The fraction of sp³-hybridized carbons (Fsp3) is 0.320. The zero-order valence-electron chi connectivity index (χ0n) is 19.6. The molecule has 0 atom stereocenters. The monoisotopic (exact) mass is 493 g/mol. The average Bonchev–Trinajstić information content (AvgIpc) is 3.39. The summed E-state index contributed by atoms with van der Waals surface area (Å²) in [5.74, 6) is -0.157. The molecule has 1 aromatic heterocycles. The number of carbonyl (C=O) groups is 3. The van der Waals surface area contributed by atoms with Crippen LogP contribution < -0.4 is 15.4 Å². The third-order valence-corrected chi connectivity index (χ3v) is 6.80. The normalized spacial score (nSPS) is 13.8. The molecular formula is C25H27N5O4S. The van der Waals surface area contributed by atoms with Crippen molar-refractivity contribution in [2.45, 2.75) is 26.3 Å². The topological polar surface area (TPSA) is 114 Å². The molecule has 182 valence electrons. The molecule has 10 heteroatoms. The van der Waals surface area contributed by atoms with Crippen LogP contribution in [0.4, 0.5) is 5.69 Å². The molecule has 1 fully saturated rings. The van der Waals surface area contributed by atoms with Gasteiger partial charge in [0.2, 0.25) is 15.9 Å². The molecule has 1 aliphatic heterocycles. The predicted molar refractivity (Wildman–Crippen MR) is 133 cm³/mol. The maximum atomic E-state index is 12.9. The van der Waals surface area contributed by atoms with E-state index in [1.165, 1.54) is 5.56 Å². The summed E-state index contributed by atoms with van der Waals surface area (Å²) in [5.41, 5.74) is 2.82. The first-order valence-electron chi connectivity index (χ1n) is 11.3. The molecule has 2 N–H and O–H groups in total. The summed E-state index contributed by atoms with van der Waals surface area (Å²) in [4.78, 5) is 39.6. The summed E-state index contributed by atoms with van der Waals surface area (Å²) in [6, 6.07) is 14.9. The second-order valence-corrected chi connectivity index (χ2v) is 9.34. The summed E-state index contributed by atoms with van der Waals surface area (Å²) in [6.45, 7) is 3.42. The molecule has 0 spiro atoms. The molecule has 0 aliphatic carbocycles. The maximum absolute atomic E-state index is 12.9. The number of aryl methyl sites for hydroxylation is 1. The molecule has 35 heavy (non-hydrogen) atoms. The van der Waals surface area contributed by atoms with Crippen LogP contribution in [0.5, 0.6) is 5.75 Å². The van der Waals surface area contributed by atoms with Gasteiger partial charge in [-0.25, -0.2) is 0 Å². The Morgan fingerprint density at radius 3 is 2.31 bits per heavy atom. The van der Waals surface area contributed by atoms with E-state index in [0.717, 1.165) is 16.9 Å². The second kappa shape index (κ2) is 11.1. The summed E-state index contributed by atoms with van der Waals surface area (Å²) in [6.07, 6.45) is 1.16. The van der Waals surface area contributed by atoms with Crippen LogP contribution in [0.3, 0.4) is 0 Å². The third-order valence-electron chi connectivity index (χ3n) is 5.89. The number of methoxy groups -OCH3 is 1. The molecule has 4 rings (SSSR count). The Hall–Kier alpha value is -3.79. The summed E-state index contributed by atoms with van der Waals surface area (Å²) in [5, 5.41) is 13.8. The van der Waals surface area contributed by atoms with Crippen LogP contribution in [-0.2, 0) is 11.3 Å². The molecule has 2 heterocycles. The Morgan fingerprint density at radius 2 is 1.66 bits per heavy atom. The van der Waals surface area contributed by atoms with Crippen molar-refractivity contribution in [2.75, 3.05) is 25.5 Å². The zero-order valence-corrected chi connectivity index (χ0v) is 20.4. The number of aromatic nitrogens is 2. The van der Waals surface area contributed by atoms with Gasteiger partial charge in [0, 0.05) is 31.2 Å². The fourth-order valence-electron chi connectivity index (χ4n) is 3.78. The molecule has 0 saturated carbocycles. The van der Waals surface area contributed by atoms with Crippen molar-refractivity contribution in [1.82, 2.24) is 20.4 Å². The van der Waals surface area contributed by atoms with Crippen LogP contribution in [0.2, 0.25) is 0 Å². The van der Waals surface area contributed by atoms with Crippen molar-refractivity contribution in [3.8, 4) is 5.75 Å². The molecule has 0 bridgehead atoms. The van der Waals surface area contributed by atoms with Gasteiger partial charge in [-0.1, -0.05) is 41.2 Å². The fourth-order valence-corrected chi connectivity index (χ4v) is 4.49. The van der Waals surface area contributed by atoms with E-state index >= 15 is 0 Å². The minimum atomic E-state index is -0.435. The number of nitrogens with zero attached hydrogens (tertiary/aromatic N) is 3. The zero-order chi connectivity index (χ0) is 24.8. The van der Waals surface area contributed by atoms with Gasteiger partial charge in [0.15, 0.2) is 0 Å². The van der Waals surface area contributed by atoms with Crippen molar-refractivity contribution in [1.29, 1.82) is 0 Å². The van der Waals surface area contributed by atoms with Crippen molar-refractivity contribution in [3.05, 3.63) is 69.7 Å². The molecule has 9 nitrogen and oxygen atoms in total. The van der Waals surface area contributed by atoms with Gasteiger partial charge in [-0.3, -0.25) is 14.4 Å². The van der Waals surface area contributed by atoms with Crippen LogP contribution >= 0.6 is 11.3 Å². The number of nitrogens with one attached hydrogen (secondary N) is 2. The van der Waals surface area contributed by atoms with Gasteiger partial charge in [-0.05, 0) is 49.6 Å². The van der Waals surface area contributed by atoms with Crippen LogP contribution in [0.25, 0.3) is 0 Å².